The van der Waals surface area contributed by atoms with Gasteiger partial charge < -0.3 is 20.7 Å². The molecule has 1 fully saturated rings. The molecule has 3 rings (SSSR count). The summed E-state index contributed by atoms with van der Waals surface area (Å²) in [7, 11) is 0. The number of imidazole rings is 1. The van der Waals surface area contributed by atoms with E-state index in [1.807, 2.05) is 0 Å². The Morgan fingerprint density at radius 3 is 3.11 bits per heavy atom. The van der Waals surface area contributed by atoms with Crippen LogP contribution in [0, 0.1) is 0 Å². The second-order valence-corrected chi connectivity index (χ2v) is 4.45. The third kappa shape index (κ3) is 1.87. The summed E-state index contributed by atoms with van der Waals surface area (Å²) in [6, 6.07) is 0. The summed E-state index contributed by atoms with van der Waals surface area (Å²) < 4.78 is 7.09. The summed E-state index contributed by atoms with van der Waals surface area (Å²) in [6.07, 6.45) is -0.0658. The Morgan fingerprint density at radius 2 is 2.42 bits per heavy atom. The molecule has 1 aliphatic rings. The van der Waals surface area contributed by atoms with Gasteiger partial charge in [-0.3, -0.25) is 14.8 Å². The minimum atomic E-state index is -0.758. The largest absolute Gasteiger partial charge is 0.394 e. The van der Waals surface area contributed by atoms with Gasteiger partial charge in [-0.25, -0.2) is 4.57 Å². The maximum absolute atomic E-state index is 11.7. The number of rotatable bonds is 2. The highest BCUT2D eigenvalue weighted by molar-refractivity contribution is 5.65. The lowest BCUT2D eigenvalue weighted by Gasteiger charge is -2.10. The fraction of sp³-hybridized carbons (Fsp3) is 0.500. The molecular formula is C10H14N5O4+. The standard InChI is InChI=1S/C10H13N5O4/c11-10-13-8-7(9(18)14-10)12-3-15(8)6-1-4(17)5(2-16)19-6/h3-6,16-17H,1-2H2,(H3,11,13,14,18)/p+1/t4-,5-,6-/m0/s1. The molecule has 0 unspecified atom stereocenters. The molecule has 0 bridgehead atoms. The van der Waals surface area contributed by atoms with E-state index in [4.69, 9.17) is 15.6 Å². The van der Waals surface area contributed by atoms with Gasteiger partial charge in [0.15, 0.2) is 12.6 Å². The number of nitrogen functional groups attached to an aromatic ring is 1. The number of aliphatic hydroxyl groups excluding tert-OH is 2. The molecular weight excluding hydrogens is 254 g/mol. The van der Waals surface area contributed by atoms with E-state index < -0.39 is 18.4 Å². The first-order valence-electron chi connectivity index (χ1n) is 5.82. The summed E-state index contributed by atoms with van der Waals surface area (Å²) >= 11 is 0. The highest BCUT2D eigenvalue weighted by atomic mass is 16.5. The van der Waals surface area contributed by atoms with Gasteiger partial charge in [0, 0.05) is 6.42 Å². The fourth-order valence-corrected chi connectivity index (χ4v) is 2.26. The minimum Gasteiger partial charge on any atom is -0.394 e. The number of aliphatic hydroxyl groups is 2. The van der Waals surface area contributed by atoms with Crippen LogP contribution in [0.3, 0.4) is 0 Å². The molecule has 9 heteroatoms. The highest BCUT2D eigenvalue weighted by Gasteiger charge is 2.38. The molecule has 19 heavy (non-hydrogen) atoms. The number of hydrogen-bond acceptors (Lipinski definition) is 6. The van der Waals surface area contributed by atoms with Gasteiger partial charge in [-0.05, 0) is 0 Å². The summed E-state index contributed by atoms with van der Waals surface area (Å²) in [5.41, 5.74) is 5.75. The van der Waals surface area contributed by atoms with E-state index >= 15 is 0 Å². The van der Waals surface area contributed by atoms with Gasteiger partial charge in [0.2, 0.25) is 5.52 Å². The number of nitrogens with two attached hydrogens (primary N) is 1. The van der Waals surface area contributed by atoms with Gasteiger partial charge in [-0.2, -0.15) is 0 Å². The first-order chi connectivity index (χ1) is 9.10. The molecule has 1 aliphatic heterocycles. The van der Waals surface area contributed by atoms with Crippen molar-refractivity contribution in [2.75, 3.05) is 12.3 Å². The molecule has 0 radical (unpaired) electrons. The second kappa shape index (κ2) is 4.30. The van der Waals surface area contributed by atoms with Gasteiger partial charge in [-0.15, -0.1) is 0 Å². The second-order valence-electron chi connectivity index (χ2n) is 4.45. The summed E-state index contributed by atoms with van der Waals surface area (Å²) in [5, 5.41) is 18.8. The van der Waals surface area contributed by atoms with E-state index in [0.29, 0.717) is 12.1 Å². The first-order valence-corrected chi connectivity index (χ1v) is 5.82. The van der Waals surface area contributed by atoms with Crippen LogP contribution in [-0.2, 0) is 4.74 Å². The maximum atomic E-state index is 11.7. The van der Waals surface area contributed by atoms with Crippen molar-refractivity contribution in [2.45, 2.75) is 24.9 Å². The normalized spacial score (nSPS) is 27.2. The molecule has 1 saturated heterocycles. The summed E-state index contributed by atoms with van der Waals surface area (Å²) in [5.74, 6) is 0.00287. The SMILES string of the molecule is Nc1nc2c([nH]c[n+]2[C@@H]2C[C@H](O)[C@H](CO)O2)c(=O)[nH]1. The fourth-order valence-electron chi connectivity index (χ4n) is 2.26. The van der Waals surface area contributed by atoms with Crippen molar-refractivity contribution in [3.63, 3.8) is 0 Å². The number of ether oxygens (including phenoxy) is 1. The number of aromatic nitrogens is 4. The smallest absolute Gasteiger partial charge is 0.313 e. The lowest BCUT2D eigenvalue weighted by molar-refractivity contribution is -0.738. The predicted octanol–water partition coefficient (Wildman–Crippen LogP) is -2.24. The lowest BCUT2D eigenvalue weighted by Crippen LogP contribution is -2.39. The van der Waals surface area contributed by atoms with E-state index in [9.17, 15) is 9.90 Å². The van der Waals surface area contributed by atoms with Crippen molar-refractivity contribution < 1.29 is 19.5 Å². The summed E-state index contributed by atoms with van der Waals surface area (Å²) in [6.45, 7) is -0.267. The van der Waals surface area contributed by atoms with Crippen LogP contribution in [0.15, 0.2) is 11.1 Å². The van der Waals surface area contributed by atoms with Crippen molar-refractivity contribution in [3.05, 3.63) is 16.7 Å². The van der Waals surface area contributed by atoms with Crippen molar-refractivity contribution >= 4 is 17.1 Å². The van der Waals surface area contributed by atoms with Crippen LogP contribution < -0.4 is 15.9 Å². The molecule has 0 aromatic carbocycles. The van der Waals surface area contributed by atoms with Crippen LogP contribution in [0.1, 0.15) is 12.6 Å². The third-order valence-electron chi connectivity index (χ3n) is 3.21. The number of nitrogens with one attached hydrogen (secondary N) is 2. The quantitative estimate of drug-likeness (QED) is 0.390. The minimum absolute atomic E-state index is 0.00287. The number of anilines is 1. The van der Waals surface area contributed by atoms with Crippen LogP contribution in [0.2, 0.25) is 0 Å². The van der Waals surface area contributed by atoms with Crippen molar-refractivity contribution in [3.8, 4) is 0 Å². The van der Waals surface area contributed by atoms with E-state index in [-0.39, 0.29) is 23.6 Å². The Labute approximate surface area is 106 Å². The Hall–Kier alpha value is -1.97. The molecule has 0 saturated carbocycles. The molecule has 6 N–H and O–H groups in total. The monoisotopic (exact) mass is 268 g/mol. The Balaban J connectivity index is 2.05. The number of aromatic amines is 2. The van der Waals surface area contributed by atoms with E-state index in [2.05, 4.69) is 15.0 Å². The van der Waals surface area contributed by atoms with Crippen LogP contribution >= 0.6 is 0 Å². The highest BCUT2D eigenvalue weighted by Crippen LogP contribution is 2.25. The molecule has 0 aliphatic carbocycles. The van der Waals surface area contributed by atoms with Crippen LogP contribution in [0.25, 0.3) is 11.2 Å². The molecule has 0 amide bonds. The molecule has 2 aromatic heterocycles. The molecule has 102 valence electrons. The lowest BCUT2D eigenvalue weighted by atomic mass is 10.2. The van der Waals surface area contributed by atoms with E-state index in [1.165, 1.54) is 6.33 Å². The van der Waals surface area contributed by atoms with Crippen LogP contribution in [0.5, 0.6) is 0 Å². The number of H-pyrrole nitrogens is 2. The van der Waals surface area contributed by atoms with Gasteiger partial charge in [-0.1, -0.05) is 4.98 Å². The zero-order valence-corrected chi connectivity index (χ0v) is 9.91. The maximum Gasteiger partial charge on any atom is 0.313 e. The van der Waals surface area contributed by atoms with E-state index in [1.54, 1.807) is 4.57 Å². The van der Waals surface area contributed by atoms with E-state index in [0.717, 1.165) is 0 Å². The summed E-state index contributed by atoms with van der Waals surface area (Å²) in [4.78, 5) is 20.9. The van der Waals surface area contributed by atoms with Crippen LogP contribution in [-0.4, -0.2) is 44.0 Å². The Bertz CT molecular complexity index is 665. The number of fused-ring (bicyclic) bond motifs is 1. The average molecular weight is 268 g/mol. The molecule has 2 aromatic rings. The van der Waals surface area contributed by atoms with Crippen LogP contribution in [0.4, 0.5) is 5.95 Å². The van der Waals surface area contributed by atoms with Gasteiger partial charge >= 0.3 is 5.65 Å². The molecule has 9 nitrogen and oxygen atoms in total. The Kier molecular flexibility index (Phi) is 2.73. The zero-order valence-electron chi connectivity index (χ0n) is 9.91. The molecule has 3 heterocycles. The van der Waals surface area contributed by atoms with Crippen molar-refractivity contribution in [1.82, 2.24) is 15.0 Å². The average Bonchev–Trinajstić information content (AvgIpc) is 2.92. The molecule has 3 atom stereocenters. The number of hydrogen-bond donors (Lipinski definition) is 5. The van der Waals surface area contributed by atoms with Crippen molar-refractivity contribution in [1.29, 1.82) is 0 Å². The topological polar surface area (TPSA) is 141 Å². The van der Waals surface area contributed by atoms with Crippen molar-refractivity contribution in [2.24, 2.45) is 0 Å². The molecule has 0 spiro atoms. The van der Waals surface area contributed by atoms with Gasteiger partial charge in [0.1, 0.15) is 6.10 Å². The zero-order chi connectivity index (χ0) is 13.6. The van der Waals surface area contributed by atoms with Gasteiger partial charge in [0.25, 0.3) is 11.5 Å². The number of nitrogens with zero attached hydrogens (tertiary/aromatic N) is 2. The predicted molar refractivity (Wildman–Crippen MR) is 62.9 cm³/mol. The van der Waals surface area contributed by atoms with Gasteiger partial charge in [0.05, 0.1) is 12.7 Å². The third-order valence-corrected chi connectivity index (χ3v) is 3.21. The Morgan fingerprint density at radius 1 is 1.63 bits per heavy atom. The first kappa shape index (κ1) is 12.1.